The lowest BCUT2D eigenvalue weighted by molar-refractivity contribution is -0.186. The fourth-order valence-electron chi connectivity index (χ4n) is 1.40. The third-order valence-electron chi connectivity index (χ3n) is 2.58. The minimum atomic E-state index is -0.554. The van der Waals surface area contributed by atoms with Gasteiger partial charge in [0.05, 0.1) is 25.2 Å². The molecule has 0 aliphatic carbocycles. The zero-order valence-electron chi connectivity index (χ0n) is 12.7. The van der Waals surface area contributed by atoms with Crippen molar-refractivity contribution in [3.8, 4) is 0 Å². The first-order chi connectivity index (χ1) is 9.39. The number of ether oxygens (including phenoxy) is 3. The van der Waals surface area contributed by atoms with E-state index >= 15 is 0 Å². The third-order valence-corrected chi connectivity index (χ3v) is 2.58. The summed E-state index contributed by atoms with van der Waals surface area (Å²) in [6, 6.07) is 9.94. The van der Waals surface area contributed by atoms with E-state index in [4.69, 9.17) is 14.2 Å². The Hall–Kier alpha value is -1.39. The highest BCUT2D eigenvalue weighted by Crippen LogP contribution is 2.16. The van der Waals surface area contributed by atoms with Crippen LogP contribution in [-0.2, 0) is 25.6 Å². The molecule has 0 saturated carbocycles. The predicted octanol–water partition coefficient (Wildman–Crippen LogP) is 3.16. The molecule has 0 bridgehead atoms. The molecule has 1 aromatic carbocycles. The molecule has 0 saturated heterocycles. The highest BCUT2D eigenvalue weighted by Gasteiger charge is 2.24. The molecule has 1 aromatic rings. The Morgan fingerprint density at radius 2 is 1.80 bits per heavy atom. The Kier molecular flexibility index (Phi) is 6.68. The van der Waals surface area contributed by atoms with Crippen molar-refractivity contribution >= 4 is 5.97 Å². The molecule has 0 radical (unpaired) electrons. The van der Waals surface area contributed by atoms with Crippen LogP contribution in [0.2, 0.25) is 0 Å². The minimum Gasteiger partial charge on any atom is -0.436 e. The Morgan fingerprint density at radius 1 is 1.15 bits per heavy atom. The Labute approximate surface area is 121 Å². The predicted molar refractivity (Wildman–Crippen MR) is 77.1 cm³/mol. The van der Waals surface area contributed by atoms with E-state index in [1.54, 1.807) is 6.92 Å². The molecule has 1 rings (SSSR count). The van der Waals surface area contributed by atoms with Crippen LogP contribution in [0, 0.1) is 5.41 Å². The lowest BCUT2D eigenvalue weighted by atomic mass is 9.97. The maximum Gasteiger partial charge on any atom is 0.313 e. The van der Waals surface area contributed by atoms with Crippen LogP contribution in [0.25, 0.3) is 0 Å². The Balaban J connectivity index is 2.11. The molecule has 4 nitrogen and oxygen atoms in total. The number of hydrogen-bond acceptors (Lipinski definition) is 4. The summed E-state index contributed by atoms with van der Waals surface area (Å²) in [5.41, 5.74) is 0.612. The molecule has 0 fully saturated rings. The fraction of sp³-hybridized carbons (Fsp3) is 0.562. The largest absolute Gasteiger partial charge is 0.436 e. The number of carbonyl (C=O) groups is 1. The average molecular weight is 280 g/mol. The van der Waals surface area contributed by atoms with Crippen LogP contribution in [0.4, 0.5) is 0 Å². The quantitative estimate of drug-likeness (QED) is 0.437. The van der Waals surface area contributed by atoms with Gasteiger partial charge in [-0.05, 0) is 33.3 Å². The monoisotopic (exact) mass is 280 g/mol. The molecular weight excluding hydrogens is 256 g/mol. The number of hydrogen-bond donors (Lipinski definition) is 0. The van der Waals surface area contributed by atoms with Crippen LogP contribution in [0.5, 0.6) is 0 Å². The van der Waals surface area contributed by atoms with Crippen molar-refractivity contribution in [2.45, 2.75) is 40.6 Å². The SMILES string of the molecule is CC(OCCOCc1ccccc1)OC(=O)C(C)(C)C. The molecule has 112 valence electrons. The molecule has 0 amide bonds. The van der Waals surface area contributed by atoms with E-state index in [0.29, 0.717) is 19.8 Å². The molecule has 0 N–H and O–H groups in total. The van der Waals surface area contributed by atoms with Crippen molar-refractivity contribution in [3.63, 3.8) is 0 Å². The summed E-state index contributed by atoms with van der Waals surface area (Å²) in [4.78, 5) is 11.6. The summed E-state index contributed by atoms with van der Waals surface area (Å²) < 4.78 is 16.0. The molecule has 0 spiro atoms. The first-order valence-electron chi connectivity index (χ1n) is 6.84. The van der Waals surface area contributed by atoms with Gasteiger partial charge >= 0.3 is 5.97 Å². The van der Waals surface area contributed by atoms with Crippen LogP contribution in [-0.4, -0.2) is 25.5 Å². The zero-order chi connectivity index (χ0) is 15.0. The second-order valence-corrected chi connectivity index (χ2v) is 5.63. The maximum absolute atomic E-state index is 11.6. The smallest absolute Gasteiger partial charge is 0.313 e. The van der Waals surface area contributed by atoms with Gasteiger partial charge in [-0.3, -0.25) is 4.79 Å². The fourth-order valence-corrected chi connectivity index (χ4v) is 1.40. The van der Waals surface area contributed by atoms with Crippen molar-refractivity contribution in [2.75, 3.05) is 13.2 Å². The van der Waals surface area contributed by atoms with Crippen molar-refractivity contribution in [1.29, 1.82) is 0 Å². The van der Waals surface area contributed by atoms with Gasteiger partial charge in [0.2, 0.25) is 0 Å². The number of benzene rings is 1. The first-order valence-corrected chi connectivity index (χ1v) is 6.84. The van der Waals surface area contributed by atoms with Gasteiger partial charge in [0.25, 0.3) is 0 Å². The lowest BCUT2D eigenvalue weighted by Crippen LogP contribution is -2.28. The van der Waals surface area contributed by atoms with Crippen LogP contribution >= 0.6 is 0 Å². The van der Waals surface area contributed by atoms with Crippen LogP contribution in [0.3, 0.4) is 0 Å². The molecule has 20 heavy (non-hydrogen) atoms. The second-order valence-electron chi connectivity index (χ2n) is 5.63. The lowest BCUT2D eigenvalue weighted by Gasteiger charge is -2.20. The second kappa shape index (κ2) is 8.02. The van der Waals surface area contributed by atoms with Crippen LogP contribution in [0.1, 0.15) is 33.3 Å². The molecule has 0 aromatic heterocycles. The van der Waals surface area contributed by atoms with E-state index in [2.05, 4.69) is 0 Å². The Bertz CT molecular complexity index is 395. The van der Waals surface area contributed by atoms with Crippen molar-refractivity contribution in [1.82, 2.24) is 0 Å². The molecule has 4 heteroatoms. The standard InChI is InChI=1S/C16H24O4/c1-13(20-15(17)16(2,3)4)19-11-10-18-12-14-8-6-5-7-9-14/h5-9,13H,10-12H2,1-4H3. The number of esters is 1. The molecular formula is C16H24O4. The van der Waals surface area contributed by atoms with Gasteiger partial charge in [0.1, 0.15) is 0 Å². The van der Waals surface area contributed by atoms with E-state index < -0.39 is 11.7 Å². The molecule has 0 aliphatic rings. The van der Waals surface area contributed by atoms with E-state index in [-0.39, 0.29) is 5.97 Å². The number of carbonyl (C=O) groups excluding carboxylic acids is 1. The highest BCUT2D eigenvalue weighted by molar-refractivity contribution is 5.75. The van der Waals surface area contributed by atoms with Gasteiger partial charge in [-0.25, -0.2) is 0 Å². The topological polar surface area (TPSA) is 44.8 Å². The minimum absolute atomic E-state index is 0.268. The van der Waals surface area contributed by atoms with Gasteiger partial charge in [0, 0.05) is 0 Å². The van der Waals surface area contributed by atoms with Crippen molar-refractivity contribution < 1.29 is 19.0 Å². The van der Waals surface area contributed by atoms with Gasteiger partial charge in [-0.2, -0.15) is 0 Å². The first kappa shape index (κ1) is 16.7. The van der Waals surface area contributed by atoms with Crippen molar-refractivity contribution in [3.05, 3.63) is 35.9 Å². The van der Waals surface area contributed by atoms with E-state index in [0.717, 1.165) is 5.56 Å². The normalized spacial score (nSPS) is 13.0. The maximum atomic E-state index is 11.6. The summed E-state index contributed by atoms with van der Waals surface area (Å²) in [7, 11) is 0. The van der Waals surface area contributed by atoms with Crippen LogP contribution in [0.15, 0.2) is 30.3 Å². The van der Waals surface area contributed by atoms with Crippen molar-refractivity contribution in [2.24, 2.45) is 5.41 Å². The van der Waals surface area contributed by atoms with E-state index in [1.807, 2.05) is 51.1 Å². The van der Waals surface area contributed by atoms with E-state index in [9.17, 15) is 4.79 Å². The summed E-state index contributed by atoms with van der Waals surface area (Å²) in [6.07, 6.45) is -0.554. The molecule has 1 atom stereocenters. The van der Waals surface area contributed by atoms with Gasteiger partial charge in [0.15, 0.2) is 6.29 Å². The summed E-state index contributed by atoms with van der Waals surface area (Å²) in [6.45, 7) is 8.56. The van der Waals surface area contributed by atoms with Gasteiger partial charge in [-0.1, -0.05) is 30.3 Å². The third kappa shape index (κ3) is 6.68. The molecule has 0 heterocycles. The highest BCUT2D eigenvalue weighted by atomic mass is 16.7. The summed E-state index contributed by atoms with van der Waals surface area (Å²) >= 11 is 0. The van der Waals surface area contributed by atoms with E-state index in [1.165, 1.54) is 0 Å². The summed E-state index contributed by atoms with van der Waals surface area (Å²) in [5, 5.41) is 0. The average Bonchev–Trinajstić information content (AvgIpc) is 2.38. The number of rotatable bonds is 7. The summed E-state index contributed by atoms with van der Waals surface area (Å²) in [5.74, 6) is -0.268. The van der Waals surface area contributed by atoms with Crippen LogP contribution < -0.4 is 0 Å². The molecule has 1 unspecified atom stereocenters. The molecule has 0 aliphatic heterocycles. The Morgan fingerprint density at radius 3 is 2.40 bits per heavy atom. The zero-order valence-corrected chi connectivity index (χ0v) is 12.7. The van der Waals surface area contributed by atoms with Gasteiger partial charge in [-0.15, -0.1) is 0 Å². The van der Waals surface area contributed by atoms with Gasteiger partial charge < -0.3 is 14.2 Å².